The van der Waals surface area contributed by atoms with Crippen LogP contribution >= 0.6 is 0 Å². The van der Waals surface area contributed by atoms with Crippen molar-refractivity contribution in [1.82, 2.24) is 0 Å². The number of aryl methyl sites for hydroxylation is 1. The fourth-order valence-corrected chi connectivity index (χ4v) is 3.54. The van der Waals surface area contributed by atoms with Gasteiger partial charge in [0.15, 0.2) is 0 Å². The van der Waals surface area contributed by atoms with E-state index in [1.165, 1.54) is 22.3 Å². The van der Waals surface area contributed by atoms with Crippen molar-refractivity contribution in [3.05, 3.63) is 34.4 Å². The number of unbranched alkanes of at least 4 members (excludes halogenated alkanes) is 2. The van der Waals surface area contributed by atoms with E-state index in [1.54, 1.807) is 0 Å². The molecule has 0 saturated heterocycles. The van der Waals surface area contributed by atoms with Crippen LogP contribution < -0.4 is 0 Å². The molecule has 1 N–H and O–H groups in total. The minimum absolute atomic E-state index is 0.0954. The SMILES string of the molecule is CC(C)(C)c1cc(C(C)(C)C)c(C(C)(C)C)cc1CCCCCOC(=O)O. The van der Waals surface area contributed by atoms with E-state index >= 15 is 0 Å². The third kappa shape index (κ3) is 7.20. The normalized spacial score (nSPS) is 12.9. The zero-order chi connectivity index (χ0) is 21.0. The lowest BCUT2D eigenvalue weighted by molar-refractivity contribution is 0.0900. The molecule has 0 spiro atoms. The van der Waals surface area contributed by atoms with Gasteiger partial charge in [-0.05, 0) is 64.2 Å². The summed E-state index contributed by atoms with van der Waals surface area (Å²) in [5, 5.41) is 8.55. The second kappa shape index (κ2) is 8.67. The van der Waals surface area contributed by atoms with Crippen molar-refractivity contribution in [3.8, 4) is 0 Å². The van der Waals surface area contributed by atoms with Gasteiger partial charge < -0.3 is 9.84 Å². The summed E-state index contributed by atoms with van der Waals surface area (Å²) in [4.78, 5) is 10.4. The Labute approximate surface area is 166 Å². The number of hydrogen-bond acceptors (Lipinski definition) is 2. The van der Waals surface area contributed by atoms with Gasteiger partial charge in [0.05, 0.1) is 6.61 Å². The van der Waals surface area contributed by atoms with E-state index in [9.17, 15) is 4.79 Å². The third-order valence-corrected chi connectivity index (χ3v) is 4.98. The summed E-state index contributed by atoms with van der Waals surface area (Å²) in [5.41, 5.74) is 6.05. The first-order chi connectivity index (χ1) is 12.1. The topological polar surface area (TPSA) is 46.5 Å². The summed E-state index contributed by atoms with van der Waals surface area (Å²) in [6.07, 6.45) is 2.64. The minimum atomic E-state index is -1.18. The van der Waals surface area contributed by atoms with Crippen LogP contribution in [0.4, 0.5) is 4.79 Å². The number of ether oxygens (including phenoxy) is 1. The second-order valence-corrected chi connectivity index (χ2v) is 10.7. The predicted molar refractivity (Wildman–Crippen MR) is 114 cm³/mol. The first-order valence-corrected chi connectivity index (χ1v) is 10.2. The van der Waals surface area contributed by atoms with Crippen LogP contribution in [0.2, 0.25) is 0 Å². The van der Waals surface area contributed by atoms with E-state index in [4.69, 9.17) is 5.11 Å². The maximum Gasteiger partial charge on any atom is 0.505 e. The molecule has 154 valence electrons. The molecule has 1 aromatic rings. The molecule has 0 amide bonds. The Morgan fingerprint density at radius 1 is 0.778 bits per heavy atom. The molecule has 0 bridgehead atoms. The number of benzene rings is 1. The number of rotatable bonds is 6. The lowest BCUT2D eigenvalue weighted by Gasteiger charge is -2.34. The fraction of sp³-hybridized carbons (Fsp3) is 0.708. The van der Waals surface area contributed by atoms with Crippen molar-refractivity contribution in [1.29, 1.82) is 0 Å². The molecular weight excluding hydrogens is 336 g/mol. The van der Waals surface area contributed by atoms with E-state index in [-0.39, 0.29) is 22.9 Å². The highest BCUT2D eigenvalue weighted by molar-refractivity contribution is 5.56. The van der Waals surface area contributed by atoms with Gasteiger partial charge in [0, 0.05) is 0 Å². The van der Waals surface area contributed by atoms with Gasteiger partial charge >= 0.3 is 6.16 Å². The molecule has 0 saturated carbocycles. The van der Waals surface area contributed by atoms with Crippen LogP contribution in [0.1, 0.15) is 104 Å². The van der Waals surface area contributed by atoms with Gasteiger partial charge in [0.25, 0.3) is 0 Å². The number of carbonyl (C=O) groups is 1. The largest absolute Gasteiger partial charge is 0.505 e. The van der Waals surface area contributed by atoms with Crippen LogP contribution in [0.3, 0.4) is 0 Å². The molecule has 3 heteroatoms. The molecule has 0 fully saturated rings. The van der Waals surface area contributed by atoms with Crippen LogP contribution in [0.5, 0.6) is 0 Å². The van der Waals surface area contributed by atoms with E-state index in [2.05, 4.69) is 79.2 Å². The first-order valence-electron chi connectivity index (χ1n) is 10.2. The lowest BCUT2D eigenvalue weighted by atomic mass is 9.70. The van der Waals surface area contributed by atoms with Crippen molar-refractivity contribution in [2.45, 2.75) is 104 Å². The highest BCUT2D eigenvalue weighted by Gasteiger charge is 2.29. The van der Waals surface area contributed by atoms with Gasteiger partial charge in [-0.15, -0.1) is 0 Å². The summed E-state index contributed by atoms with van der Waals surface area (Å²) in [7, 11) is 0. The second-order valence-electron chi connectivity index (χ2n) is 10.7. The number of carboxylic acid groups (broad SMARTS) is 1. The van der Waals surface area contributed by atoms with Gasteiger partial charge in [-0.1, -0.05) is 74.4 Å². The summed E-state index contributed by atoms with van der Waals surface area (Å²) in [5.74, 6) is 0. The molecule has 0 aliphatic heterocycles. The van der Waals surface area contributed by atoms with Crippen LogP contribution in [0, 0.1) is 0 Å². The molecule has 1 rings (SSSR count). The van der Waals surface area contributed by atoms with Crippen molar-refractivity contribution in [2.24, 2.45) is 0 Å². The Morgan fingerprint density at radius 3 is 1.70 bits per heavy atom. The molecule has 0 radical (unpaired) electrons. The molecule has 1 aromatic carbocycles. The van der Waals surface area contributed by atoms with Gasteiger partial charge in [0.2, 0.25) is 0 Å². The van der Waals surface area contributed by atoms with Gasteiger partial charge in [-0.3, -0.25) is 0 Å². The van der Waals surface area contributed by atoms with Crippen LogP contribution in [-0.2, 0) is 27.4 Å². The Balaban J connectivity index is 3.16. The van der Waals surface area contributed by atoms with Gasteiger partial charge in [-0.25, -0.2) is 4.79 Å². The summed E-state index contributed by atoms with van der Waals surface area (Å²) < 4.78 is 4.61. The first kappa shape index (κ1) is 23.5. The summed E-state index contributed by atoms with van der Waals surface area (Å²) >= 11 is 0. The Morgan fingerprint density at radius 2 is 1.26 bits per heavy atom. The van der Waals surface area contributed by atoms with Crippen molar-refractivity contribution >= 4 is 6.16 Å². The predicted octanol–water partition coefficient (Wildman–Crippen LogP) is 6.99. The van der Waals surface area contributed by atoms with E-state index in [0.717, 1.165) is 25.7 Å². The molecule has 3 nitrogen and oxygen atoms in total. The van der Waals surface area contributed by atoms with E-state index < -0.39 is 6.16 Å². The number of hydrogen-bond donors (Lipinski definition) is 1. The lowest BCUT2D eigenvalue weighted by Crippen LogP contribution is -2.25. The monoisotopic (exact) mass is 376 g/mol. The average Bonchev–Trinajstić information content (AvgIpc) is 2.46. The zero-order valence-electron chi connectivity index (χ0n) is 19.0. The van der Waals surface area contributed by atoms with Gasteiger partial charge in [-0.2, -0.15) is 0 Å². The summed E-state index contributed by atoms with van der Waals surface area (Å²) in [6.45, 7) is 20.9. The van der Waals surface area contributed by atoms with E-state index in [0.29, 0.717) is 0 Å². The molecule has 0 aliphatic carbocycles. The quantitative estimate of drug-likeness (QED) is 0.430. The minimum Gasteiger partial charge on any atom is -0.450 e. The van der Waals surface area contributed by atoms with Gasteiger partial charge in [0.1, 0.15) is 0 Å². The van der Waals surface area contributed by atoms with E-state index in [1.807, 2.05) is 0 Å². The molecular formula is C24H40O3. The highest BCUT2D eigenvalue weighted by atomic mass is 16.7. The zero-order valence-corrected chi connectivity index (χ0v) is 19.0. The van der Waals surface area contributed by atoms with Crippen LogP contribution in [-0.4, -0.2) is 17.9 Å². The Bertz CT molecular complexity index is 637. The van der Waals surface area contributed by atoms with Crippen molar-refractivity contribution in [2.75, 3.05) is 6.61 Å². The maximum absolute atomic E-state index is 10.4. The molecule has 0 aromatic heterocycles. The summed E-state index contributed by atoms with van der Waals surface area (Å²) in [6, 6.07) is 4.89. The van der Waals surface area contributed by atoms with Crippen LogP contribution in [0.25, 0.3) is 0 Å². The molecule has 0 aliphatic rings. The Hall–Kier alpha value is -1.51. The fourth-order valence-electron chi connectivity index (χ4n) is 3.54. The highest BCUT2D eigenvalue weighted by Crippen LogP contribution is 2.39. The standard InChI is InChI=1S/C24H40O3/c1-22(2,3)18-16-20(24(7,8)9)19(23(4,5)6)15-17(18)13-11-10-12-14-27-21(25)26/h15-16H,10-14H2,1-9H3,(H,25,26). The Kier molecular flexibility index (Phi) is 7.55. The molecule has 27 heavy (non-hydrogen) atoms. The molecule has 0 unspecified atom stereocenters. The van der Waals surface area contributed by atoms with Crippen molar-refractivity contribution < 1.29 is 14.6 Å². The van der Waals surface area contributed by atoms with Crippen molar-refractivity contribution in [3.63, 3.8) is 0 Å². The molecule has 0 heterocycles. The third-order valence-electron chi connectivity index (χ3n) is 4.98. The average molecular weight is 377 g/mol. The smallest absolute Gasteiger partial charge is 0.450 e. The maximum atomic E-state index is 10.4. The van der Waals surface area contributed by atoms with Crippen LogP contribution in [0.15, 0.2) is 12.1 Å². The molecule has 0 atom stereocenters.